The summed E-state index contributed by atoms with van der Waals surface area (Å²) < 4.78 is 52.0. The third-order valence-corrected chi connectivity index (χ3v) is 18.4. The quantitative estimate of drug-likeness (QED) is 0.0899. The second-order valence-corrected chi connectivity index (χ2v) is 25.2. The monoisotopic (exact) mass is 1330 g/mol. The number of pyridine rings is 6. The first-order valence-electron chi connectivity index (χ1n) is 34.0. The van der Waals surface area contributed by atoms with Crippen molar-refractivity contribution in [3.05, 3.63) is 226 Å². The van der Waals surface area contributed by atoms with Crippen molar-refractivity contribution in [1.29, 1.82) is 0 Å². The molecule has 510 valence electrons. The van der Waals surface area contributed by atoms with Gasteiger partial charge in [-0.2, -0.15) is 0 Å². The van der Waals surface area contributed by atoms with Gasteiger partial charge < -0.3 is 37.9 Å². The van der Waals surface area contributed by atoms with Crippen LogP contribution in [0.1, 0.15) is 67.8 Å². The van der Waals surface area contributed by atoms with Crippen LogP contribution in [0.4, 0.5) is 9.59 Å². The number of hydrogen-bond acceptors (Lipinski definition) is 20. The smallest absolute Gasteiger partial charge is 0.324 e. The number of carbonyl (C=O) groups excluding carboxylic acids is 2. The highest BCUT2D eigenvalue weighted by Crippen LogP contribution is 2.48. The first kappa shape index (κ1) is 66.0. The zero-order valence-corrected chi connectivity index (χ0v) is 55.3. The molecule has 4 amide bonds. The molecule has 8 bridgehead atoms. The second-order valence-electron chi connectivity index (χ2n) is 25.2. The summed E-state index contributed by atoms with van der Waals surface area (Å²) in [6.07, 6.45) is 6.11. The van der Waals surface area contributed by atoms with E-state index in [0.717, 1.165) is 67.8 Å². The molecule has 14 rings (SSSR count). The summed E-state index contributed by atoms with van der Waals surface area (Å²) >= 11 is 0. The van der Waals surface area contributed by atoms with Gasteiger partial charge in [0.15, 0.2) is 12.3 Å². The largest absolute Gasteiger partial charge is 0.491 e. The van der Waals surface area contributed by atoms with Crippen LogP contribution in [0.15, 0.2) is 158 Å². The average Bonchev–Trinajstić information content (AvgIpc) is 1.54. The molecule has 0 N–H and O–H groups in total. The van der Waals surface area contributed by atoms with Gasteiger partial charge in [-0.1, -0.05) is 36.4 Å². The van der Waals surface area contributed by atoms with Crippen LogP contribution in [0, 0.1) is 0 Å². The van der Waals surface area contributed by atoms with Crippen molar-refractivity contribution in [3.8, 4) is 23.0 Å². The topological polar surface area (TPSA) is 211 Å². The summed E-state index contributed by atoms with van der Waals surface area (Å²) in [6, 6.07) is 43.6. The lowest BCUT2D eigenvalue weighted by molar-refractivity contribution is 0.0519. The van der Waals surface area contributed by atoms with Gasteiger partial charge >= 0.3 is 12.1 Å². The zero-order chi connectivity index (χ0) is 66.2. The van der Waals surface area contributed by atoms with Crippen molar-refractivity contribution >= 4 is 12.1 Å². The fourth-order valence-electron chi connectivity index (χ4n) is 13.7. The predicted molar refractivity (Wildman–Crippen MR) is 361 cm³/mol. The van der Waals surface area contributed by atoms with E-state index in [2.05, 4.69) is 75.9 Å². The number of amides is 4. The van der Waals surface area contributed by atoms with Gasteiger partial charge in [-0.3, -0.25) is 69.1 Å². The van der Waals surface area contributed by atoms with Crippen molar-refractivity contribution in [1.82, 2.24) is 69.1 Å². The molecule has 0 unspecified atom stereocenters. The fourth-order valence-corrected chi connectivity index (χ4v) is 13.7. The van der Waals surface area contributed by atoms with E-state index in [1.165, 1.54) is 0 Å². The SMILES string of the molecule is O=C1N2Cc3c4ccc5c3CN3C(=O)N6Cc7c(ccc(c7CN1C6C23)OCCOCCN(Cc1cccc(CN(Cc2ccccn2)Cc2ccccn2)n1)CCOCCO4)OCCOCCN(Cc1cccc(CN(Cc2ccccn2)Cc2ccccn2)n1)CCOCCO5. The third-order valence-electron chi connectivity index (χ3n) is 18.4. The lowest BCUT2D eigenvalue weighted by atomic mass is 10.0. The maximum absolute atomic E-state index is 15.2. The number of urea groups is 2. The Morgan fingerprint density at radius 1 is 0.316 bits per heavy atom. The van der Waals surface area contributed by atoms with Gasteiger partial charge in [0.25, 0.3) is 0 Å². The summed E-state index contributed by atoms with van der Waals surface area (Å²) in [6.45, 7) is 12.1. The molecule has 0 radical (unpaired) electrons. The van der Waals surface area contributed by atoms with Crippen molar-refractivity contribution in [2.75, 3.05) is 105 Å². The van der Waals surface area contributed by atoms with Crippen molar-refractivity contribution in [2.45, 2.75) is 90.9 Å². The highest BCUT2D eigenvalue weighted by molar-refractivity contribution is 5.86. The van der Waals surface area contributed by atoms with E-state index >= 15 is 9.59 Å². The van der Waals surface area contributed by atoms with Crippen molar-refractivity contribution in [3.63, 3.8) is 0 Å². The van der Waals surface area contributed by atoms with Crippen molar-refractivity contribution in [2.24, 2.45) is 0 Å². The van der Waals surface area contributed by atoms with Crippen LogP contribution in [0.3, 0.4) is 0 Å². The minimum absolute atomic E-state index is 0.183. The number of rotatable bonds is 16. The van der Waals surface area contributed by atoms with E-state index in [9.17, 15) is 0 Å². The van der Waals surface area contributed by atoms with Crippen LogP contribution in [0.25, 0.3) is 0 Å². The first-order chi connectivity index (χ1) is 48.4. The van der Waals surface area contributed by atoms with Gasteiger partial charge in [0.2, 0.25) is 0 Å². The minimum Gasteiger partial charge on any atom is -0.491 e. The fraction of sp³-hybridized carbons (Fsp3) is 0.405. The van der Waals surface area contributed by atoms with E-state index in [0.29, 0.717) is 154 Å². The molecular weight excluding hydrogens is 1240 g/mol. The van der Waals surface area contributed by atoms with Crippen LogP contribution in [0.5, 0.6) is 23.0 Å². The van der Waals surface area contributed by atoms with Crippen LogP contribution < -0.4 is 18.9 Å². The Hall–Kier alpha value is -9.24. The number of nitrogens with zero attached hydrogens (tertiary/aromatic N) is 14. The molecule has 0 atom stereocenters. The van der Waals surface area contributed by atoms with Gasteiger partial charge in [0, 0.05) is 126 Å². The highest BCUT2D eigenvalue weighted by atomic mass is 16.5. The molecule has 2 saturated heterocycles. The van der Waals surface area contributed by atoms with Gasteiger partial charge in [-0.15, -0.1) is 0 Å². The molecule has 6 aromatic heterocycles. The summed E-state index contributed by atoms with van der Waals surface area (Å²) in [5.74, 6) is 2.38. The standard InChI is InChI=1S/C74H84N14O10/c89-73-85-51-63-65-53-87-71(85)72-86(73)52-64-66(54-88(72)74(87)90)70-22-20-68(64)96-40-36-92-32-28-81(47-59-15-9-17-61(79-59)49-83(43-55-11-1-5-23-75-55)44-56-12-2-6-24-76-56)27-31-91-35-39-95-67(63)19-21-69(65)97-41-37-93-33-29-82(30-34-94-38-42-98-70)48-60-16-10-18-62(80-60)50-84(45-57-13-3-7-25-77-57)46-58-14-4-8-26-78-58/h1-26,71-72H,27-54H2. The Bertz CT molecular complexity index is 3480. The highest BCUT2D eigenvalue weighted by Gasteiger charge is 2.61. The molecule has 0 saturated carbocycles. The molecule has 24 heteroatoms. The normalized spacial score (nSPS) is 19.2. The molecule has 24 nitrogen and oxygen atoms in total. The van der Waals surface area contributed by atoms with Gasteiger partial charge in [0.05, 0.1) is 125 Å². The Labute approximate surface area is 571 Å². The van der Waals surface area contributed by atoms with E-state index in [-0.39, 0.29) is 64.7 Å². The van der Waals surface area contributed by atoms with Crippen molar-refractivity contribution < 1.29 is 47.5 Å². The Balaban J connectivity index is 0.694. The molecule has 12 heterocycles. The van der Waals surface area contributed by atoms with Crippen LogP contribution in [-0.2, 0) is 97.5 Å². The lowest BCUT2D eigenvalue weighted by Gasteiger charge is -2.26. The van der Waals surface area contributed by atoms with E-state index in [1.807, 2.05) is 141 Å². The Kier molecular flexibility index (Phi) is 21.8. The van der Waals surface area contributed by atoms with Crippen LogP contribution in [-0.4, -0.2) is 199 Å². The molecule has 6 aliphatic rings. The molecular formula is C74H84N14O10. The molecule has 0 aliphatic carbocycles. The van der Waals surface area contributed by atoms with Gasteiger partial charge in [0.1, 0.15) is 49.4 Å². The maximum Gasteiger partial charge on any atom is 0.324 e. The second kappa shape index (κ2) is 32.4. The molecule has 0 spiro atoms. The van der Waals surface area contributed by atoms with Crippen LogP contribution in [0.2, 0.25) is 0 Å². The Morgan fingerprint density at radius 3 is 0.878 bits per heavy atom. The molecule has 6 aliphatic heterocycles. The average molecular weight is 1330 g/mol. The summed E-state index contributed by atoms with van der Waals surface area (Å²) in [5, 5.41) is 0. The van der Waals surface area contributed by atoms with Crippen LogP contribution >= 0.6 is 0 Å². The van der Waals surface area contributed by atoms with Gasteiger partial charge in [-0.05, 0) is 97.1 Å². The Morgan fingerprint density at radius 2 is 0.592 bits per heavy atom. The van der Waals surface area contributed by atoms with E-state index in [1.54, 1.807) is 0 Å². The lowest BCUT2D eigenvalue weighted by Crippen LogP contribution is -2.43. The summed E-state index contributed by atoms with van der Waals surface area (Å²) in [7, 11) is 0. The van der Waals surface area contributed by atoms with Gasteiger partial charge in [-0.25, -0.2) is 9.59 Å². The number of benzene rings is 2. The zero-order valence-electron chi connectivity index (χ0n) is 55.3. The van der Waals surface area contributed by atoms with E-state index in [4.69, 9.17) is 47.9 Å². The predicted octanol–water partition coefficient (Wildman–Crippen LogP) is 7.93. The molecule has 98 heavy (non-hydrogen) atoms. The molecule has 2 fully saturated rings. The number of aromatic nitrogens is 6. The number of carbonyl (C=O) groups is 2. The molecule has 8 aromatic rings. The molecule has 2 aromatic carbocycles. The summed E-state index contributed by atoms with van der Waals surface area (Å²) in [4.78, 5) is 75.7. The minimum atomic E-state index is -0.600. The van der Waals surface area contributed by atoms with E-state index < -0.39 is 12.3 Å². The maximum atomic E-state index is 15.2. The summed E-state index contributed by atoms with van der Waals surface area (Å²) in [5.41, 5.74) is 10.8. The number of ether oxygens (including phenoxy) is 8. The third kappa shape index (κ3) is 16.5. The number of hydrogen-bond donors (Lipinski definition) is 0. The first-order valence-corrected chi connectivity index (χ1v) is 34.0.